The van der Waals surface area contributed by atoms with Crippen LogP contribution in [0.3, 0.4) is 0 Å². The first kappa shape index (κ1) is 11.6. The second-order valence-corrected chi connectivity index (χ2v) is 4.18. The molecule has 1 nitrogen and oxygen atoms in total. The van der Waals surface area contributed by atoms with Gasteiger partial charge < -0.3 is 4.74 Å². The highest BCUT2D eigenvalue weighted by molar-refractivity contribution is 5.29. The fraction of sp³-hybridized carbons (Fsp3) is 0.200. The van der Waals surface area contributed by atoms with Crippen LogP contribution in [-0.2, 0) is 6.61 Å². The van der Waals surface area contributed by atoms with E-state index in [9.17, 15) is 4.39 Å². The molecular formula is C15H15FO. The minimum absolute atomic E-state index is 0.207. The first-order valence-corrected chi connectivity index (χ1v) is 5.59. The zero-order chi connectivity index (χ0) is 12.3. The Morgan fingerprint density at radius 3 is 2.59 bits per heavy atom. The van der Waals surface area contributed by atoms with Crippen molar-refractivity contribution in [1.82, 2.24) is 0 Å². The highest BCUT2D eigenvalue weighted by Crippen LogP contribution is 2.16. The van der Waals surface area contributed by atoms with Crippen molar-refractivity contribution < 1.29 is 9.13 Å². The van der Waals surface area contributed by atoms with E-state index in [0.717, 1.165) is 16.9 Å². The molecule has 0 saturated heterocycles. The third-order valence-electron chi connectivity index (χ3n) is 2.69. The predicted molar refractivity (Wildman–Crippen MR) is 66.6 cm³/mol. The topological polar surface area (TPSA) is 9.23 Å². The van der Waals surface area contributed by atoms with E-state index in [1.165, 1.54) is 17.7 Å². The van der Waals surface area contributed by atoms with Gasteiger partial charge in [-0.25, -0.2) is 4.39 Å². The fourth-order valence-corrected chi connectivity index (χ4v) is 1.69. The zero-order valence-corrected chi connectivity index (χ0v) is 10.0. The maximum absolute atomic E-state index is 12.9. The highest BCUT2D eigenvalue weighted by Gasteiger charge is 2.01. The van der Waals surface area contributed by atoms with E-state index in [1.807, 2.05) is 38.1 Å². The van der Waals surface area contributed by atoms with Gasteiger partial charge in [-0.05, 0) is 54.8 Å². The van der Waals surface area contributed by atoms with Crippen molar-refractivity contribution in [1.29, 1.82) is 0 Å². The van der Waals surface area contributed by atoms with Gasteiger partial charge in [-0.3, -0.25) is 0 Å². The van der Waals surface area contributed by atoms with Gasteiger partial charge in [-0.15, -0.1) is 0 Å². The van der Waals surface area contributed by atoms with E-state index in [0.29, 0.717) is 6.61 Å². The summed E-state index contributed by atoms with van der Waals surface area (Å²) in [6, 6.07) is 12.6. The SMILES string of the molecule is Cc1cccc(OCc2ccc(F)cc2C)c1. The second-order valence-electron chi connectivity index (χ2n) is 4.18. The summed E-state index contributed by atoms with van der Waals surface area (Å²) in [4.78, 5) is 0. The maximum Gasteiger partial charge on any atom is 0.123 e. The van der Waals surface area contributed by atoms with Gasteiger partial charge >= 0.3 is 0 Å². The Hall–Kier alpha value is -1.83. The molecule has 0 aliphatic heterocycles. The van der Waals surface area contributed by atoms with E-state index < -0.39 is 0 Å². The molecule has 88 valence electrons. The van der Waals surface area contributed by atoms with Crippen molar-refractivity contribution in [2.24, 2.45) is 0 Å². The Balaban J connectivity index is 2.07. The Kier molecular flexibility index (Phi) is 3.43. The second kappa shape index (κ2) is 5.00. The van der Waals surface area contributed by atoms with Crippen LogP contribution in [0.5, 0.6) is 5.75 Å². The fourth-order valence-electron chi connectivity index (χ4n) is 1.69. The quantitative estimate of drug-likeness (QED) is 0.773. The van der Waals surface area contributed by atoms with Crippen LogP contribution in [0.15, 0.2) is 42.5 Å². The molecule has 0 bridgehead atoms. The van der Waals surface area contributed by atoms with E-state index in [4.69, 9.17) is 4.74 Å². The number of halogens is 1. The molecule has 0 N–H and O–H groups in total. The van der Waals surface area contributed by atoms with Crippen molar-refractivity contribution in [3.8, 4) is 5.75 Å². The number of hydrogen-bond acceptors (Lipinski definition) is 1. The first-order chi connectivity index (χ1) is 8.15. The molecule has 2 aromatic carbocycles. The minimum atomic E-state index is -0.207. The molecule has 2 aromatic rings. The molecule has 2 heteroatoms. The van der Waals surface area contributed by atoms with Gasteiger partial charge in [-0.1, -0.05) is 18.2 Å². The average Bonchev–Trinajstić information content (AvgIpc) is 2.28. The molecule has 0 spiro atoms. The number of aryl methyl sites for hydroxylation is 2. The first-order valence-electron chi connectivity index (χ1n) is 5.59. The van der Waals surface area contributed by atoms with Crippen LogP contribution in [0.1, 0.15) is 16.7 Å². The monoisotopic (exact) mass is 230 g/mol. The van der Waals surface area contributed by atoms with E-state index >= 15 is 0 Å². The standard InChI is InChI=1S/C15H15FO/c1-11-4-3-5-15(8-11)17-10-13-6-7-14(16)9-12(13)2/h3-9H,10H2,1-2H3. The number of rotatable bonds is 3. The van der Waals surface area contributed by atoms with Crippen molar-refractivity contribution in [3.05, 3.63) is 65.0 Å². The van der Waals surface area contributed by atoms with E-state index in [1.54, 1.807) is 6.07 Å². The summed E-state index contributed by atoms with van der Waals surface area (Å²) in [5.74, 6) is 0.635. The molecule has 17 heavy (non-hydrogen) atoms. The predicted octanol–water partition coefficient (Wildman–Crippen LogP) is 4.02. The third-order valence-corrected chi connectivity index (χ3v) is 2.69. The molecule has 0 aliphatic carbocycles. The van der Waals surface area contributed by atoms with Gasteiger partial charge in [0.1, 0.15) is 18.2 Å². The van der Waals surface area contributed by atoms with Gasteiger partial charge in [0.2, 0.25) is 0 Å². The highest BCUT2D eigenvalue weighted by atomic mass is 19.1. The average molecular weight is 230 g/mol. The molecule has 0 fully saturated rings. The van der Waals surface area contributed by atoms with Crippen LogP contribution in [-0.4, -0.2) is 0 Å². The van der Waals surface area contributed by atoms with Crippen molar-refractivity contribution in [2.45, 2.75) is 20.5 Å². The largest absolute Gasteiger partial charge is 0.489 e. The lowest BCUT2D eigenvalue weighted by Crippen LogP contribution is -1.98. The van der Waals surface area contributed by atoms with Gasteiger partial charge in [0, 0.05) is 0 Å². The van der Waals surface area contributed by atoms with Crippen molar-refractivity contribution >= 4 is 0 Å². The van der Waals surface area contributed by atoms with Crippen molar-refractivity contribution in [3.63, 3.8) is 0 Å². The molecule has 0 amide bonds. The summed E-state index contributed by atoms with van der Waals surface area (Å²) in [5.41, 5.74) is 3.09. The van der Waals surface area contributed by atoms with Gasteiger partial charge in [0.05, 0.1) is 0 Å². The summed E-state index contributed by atoms with van der Waals surface area (Å²) in [7, 11) is 0. The Morgan fingerprint density at radius 1 is 1.06 bits per heavy atom. The lowest BCUT2D eigenvalue weighted by molar-refractivity contribution is 0.305. The number of benzene rings is 2. The minimum Gasteiger partial charge on any atom is -0.489 e. The molecule has 0 aliphatic rings. The molecule has 0 aromatic heterocycles. The van der Waals surface area contributed by atoms with Crippen LogP contribution in [0.4, 0.5) is 4.39 Å². The van der Waals surface area contributed by atoms with Gasteiger partial charge in [0.15, 0.2) is 0 Å². The van der Waals surface area contributed by atoms with E-state index in [2.05, 4.69) is 0 Å². The summed E-state index contributed by atoms with van der Waals surface area (Å²) in [5, 5.41) is 0. The van der Waals surface area contributed by atoms with Crippen LogP contribution in [0.25, 0.3) is 0 Å². The third kappa shape index (κ3) is 3.06. The summed E-state index contributed by atoms with van der Waals surface area (Å²) in [6.45, 7) is 4.38. The smallest absolute Gasteiger partial charge is 0.123 e. The molecular weight excluding hydrogens is 215 g/mol. The van der Waals surface area contributed by atoms with E-state index in [-0.39, 0.29) is 5.82 Å². The zero-order valence-electron chi connectivity index (χ0n) is 10.0. The Morgan fingerprint density at radius 2 is 1.88 bits per heavy atom. The maximum atomic E-state index is 12.9. The molecule has 0 heterocycles. The van der Waals surface area contributed by atoms with Gasteiger partial charge in [0.25, 0.3) is 0 Å². The van der Waals surface area contributed by atoms with Crippen LogP contribution < -0.4 is 4.74 Å². The number of hydrogen-bond donors (Lipinski definition) is 0. The summed E-state index contributed by atoms with van der Waals surface area (Å²) < 4.78 is 18.6. The number of ether oxygens (including phenoxy) is 1. The lowest BCUT2D eigenvalue weighted by atomic mass is 10.1. The van der Waals surface area contributed by atoms with Gasteiger partial charge in [-0.2, -0.15) is 0 Å². The molecule has 0 unspecified atom stereocenters. The van der Waals surface area contributed by atoms with Crippen LogP contribution in [0, 0.1) is 19.7 Å². The Labute approximate surface area is 101 Å². The summed E-state index contributed by atoms with van der Waals surface area (Å²) >= 11 is 0. The van der Waals surface area contributed by atoms with Crippen LogP contribution in [0.2, 0.25) is 0 Å². The lowest BCUT2D eigenvalue weighted by Gasteiger charge is -2.09. The van der Waals surface area contributed by atoms with Crippen molar-refractivity contribution in [2.75, 3.05) is 0 Å². The molecule has 0 saturated carbocycles. The molecule has 2 rings (SSSR count). The summed E-state index contributed by atoms with van der Waals surface area (Å²) in [6.07, 6.45) is 0. The molecule has 0 radical (unpaired) electrons. The normalized spacial score (nSPS) is 10.3. The van der Waals surface area contributed by atoms with Crippen LogP contribution >= 0.6 is 0 Å². The Bertz CT molecular complexity index is 520. The molecule has 0 atom stereocenters.